The minimum Gasteiger partial charge on any atom is -0.469 e. The fourth-order valence-corrected chi connectivity index (χ4v) is 2.15. The van der Waals surface area contributed by atoms with Gasteiger partial charge in [-0.2, -0.15) is 0 Å². The molecular formula is C16H15BrFNO4. The van der Waals surface area contributed by atoms with Crippen LogP contribution < -0.4 is 5.32 Å². The highest BCUT2D eigenvalue weighted by Crippen LogP contribution is 2.19. The number of aryl methyl sites for hydroxylation is 1. The second-order valence-corrected chi connectivity index (χ2v) is 5.74. The van der Waals surface area contributed by atoms with Crippen LogP contribution in [0.5, 0.6) is 0 Å². The Balaban J connectivity index is 1.83. The smallest absolute Gasteiger partial charge is 0.307 e. The molecule has 5 nitrogen and oxygen atoms in total. The summed E-state index contributed by atoms with van der Waals surface area (Å²) in [5.74, 6) is -1.04. The van der Waals surface area contributed by atoms with E-state index in [1.54, 1.807) is 18.2 Å². The zero-order valence-electron chi connectivity index (χ0n) is 12.3. The molecule has 0 spiro atoms. The summed E-state index contributed by atoms with van der Waals surface area (Å²) in [6.45, 7) is 1.43. The van der Waals surface area contributed by atoms with E-state index < -0.39 is 23.8 Å². The van der Waals surface area contributed by atoms with Crippen molar-refractivity contribution in [2.75, 3.05) is 5.32 Å². The molecule has 1 aromatic carbocycles. The van der Waals surface area contributed by atoms with Crippen LogP contribution in [0.3, 0.4) is 0 Å². The first-order valence-electron chi connectivity index (χ1n) is 6.93. The average molecular weight is 384 g/mol. The van der Waals surface area contributed by atoms with Crippen LogP contribution in [-0.4, -0.2) is 18.0 Å². The van der Waals surface area contributed by atoms with Crippen LogP contribution in [0.1, 0.15) is 19.1 Å². The monoisotopic (exact) mass is 383 g/mol. The Kier molecular flexibility index (Phi) is 5.92. The van der Waals surface area contributed by atoms with Crippen molar-refractivity contribution in [3.05, 3.63) is 52.6 Å². The standard InChI is InChI=1S/C16H15BrFNO4/c1-10(23-15(20)7-5-12-3-2-8-22-12)16(21)19-14-6-4-11(17)9-13(14)18/h2-4,6,8-10H,5,7H2,1H3,(H,19,21)/t10-/m0/s1. The molecule has 1 aromatic heterocycles. The van der Waals surface area contributed by atoms with Crippen LogP contribution in [-0.2, 0) is 20.7 Å². The first-order valence-corrected chi connectivity index (χ1v) is 7.73. The van der Waals surface area contributed by atoms with Crippen molar-refractivity contribution < 1.29 is 23.1 Å². The number of hydrogen-bond acceptors (Lipinski definition) is 4. The third-order valence-electron chi connectivity index (χ3n) is 3.02. The van der Waals surface area contributed by atoms with Crippen molar-refractivity contribution in [3.63, 3.8) is 0 Å². The number of carbonyl (C=O) groups is 2. The Bertz CT molecular complexity index is 687. The Hall–Kier alpha value is -2.15. The fourth-order valence-electron chi connectivity index (χ4n) is 1.81. The molecule has 0 unspecified atom stereocenters. The summed E-state index contributed by atoms with van der Waals surface area (Å²) < 4.78 is 24.3. The van der Waals surface area contributed by atoms with E-state index in [-0.39, 0.29) is 12.1 Å². The molecule has 23 heavy (non-hydrogen) atoms. The summed E-state index contributed by atoms with van der Waals surface area (Å²) in [7, 11) is 0. The minimum absolute atomic E-state index is 0.0247. The number of ether oxygens (including phenoxy) is 1. The lowest BCUT2D eigenvalue weighted by atomic mass is 10.2. The third kappa shape index (κ3) is 5.21. The van der Waals surface area contributed by atoms with Crippen LogP contribution in [0.15, 0.2) is 45.5 Å². The molecule has 0 aliphatic rings. The van der Waals surface area contributed by atoms with Crippen molar-refractivity contribution >= 4 is 33.5 Å². The van der Waals surface area contributed by atoms with Gasteiger partial charge in [0.25, 0.3) is 5.91 Å². The average Bonchev–Trinajstić information content (AvgIpc) is 3.01. The molecule has 1 atom stereocenters. The predicted molar refractivity (Wildman–Crippen MR) is 85.3 cm³/mol. The highest BCUT2D eigenvalue weighted by molar-refractivity contribution is 9.10. The number of nitrogens with one attached hydrogen (secondary N) is 1. The Morgan fingerprint density at radius 2 is 2.17 bits per heavy atom. The molecule has 122 valence electrons. The molecule has 0 radical (unpaired) electrons. The van der Waals surface area contributed by atoms with Crippen LogP contribution >= 0.6 is 15.9 Å². The lowest BCUT2D eigenvalue weighted by molar-refractivity contribution is -0.153. The molecule has 0 saturated heterocycles. The largest absolute Gasteiger partial charge is 0.469 e. The second-order valence-electron chi connectivity index (χ2n) is 4.82. The summed E-state index contributed by atoms with van der Waals surface area (Å²) in [4.78, 5) is 23.6. The summed E-state index contributed by atoms with van der Waals surface area (Å²) in [5, 5.41) is 2.38. The molecule has 0 bridgehead atoms. The van der Waals surface area contributed by atoms with Crippen molar-refractivity contribution in [2.24, 2.45) is 0 Å². The first kappa shape index (κ1) is 17.2. The topological polar surface area (TPSA) is 68.5 Å². The highest BCUT2D eigenvalue weighted by atomic mass is 79.9. The Morgan fingerprint density at radius 1 is 1.39 bits per heavy atom. The van der Waals surface area contributed by atoms with Gasteiger partial charge in [0.1, 0.15) is 11.6 Å². The van der Waals surface area contributed by atoms with Crippen LogP contribution in [0.25, 0.3) is 0 Å². The highest BCUT2D eigenvalue weighted by Gasteiger charge is 2.19. The quantitative estimate of drug-likeness (QED) is 0.772. The normalized spacial score (nSPS) is 11.8. The lowest BCUT2D eigenvalue weighted by Crippen LogP contribution is -2.30. The Labute approximate surface area is 140 Å². The summed E-state index contributed by atoms with van der Waals surface area (Å²) in [6, 6.07) is 7.72. The molecule has 0 saturated carbocycles. The van der Waals surface area contributed by atoms with E-state index in [0.29, 0.717) is 16.7 Å². The van der Waals surface area contributed by atoms with Crippen LogP contribution in [0.4, 0.5) is 10.1 Å². The SMILES string of the molecule is C[C@H](OC(=O)CCc1ccco1)C(=O)Nc1ccc(Br)cc1F. The summed E-state index contributed by atoms with van der Waals surface area (Å²) in [5.41, 5.74) is 0.0247. The van der Waals surface area contributed by atoms with Gasteiger partial charge in [-0.05, 0) is 37.3 Å². The van der Waals surface area contributed by atoms with Crippen molar-refractivity contribution in [1.29, 1.82) is 0 Å². The van der Waals surface area contributed by atoms with E-state index in [1.165, 1.54) is 25.3 Å². The number of halogens is 2. The number of furan rings is 1. The van der Waals surface area contributed by atoms with Gasteiger partial charge in [-0.15, -0.1) is 0 Å². The molecule has 2 rings (SSSR count). The number of benzene rings is 1. The van der Waals surface area contributed by atoms with E-state index >= 15 is 0 Å². The van der Waals surface area contributed by atoms with Gasteiger partial charge in [-0.25, -0.2) is 4.39 Å². The zero-order chi connectivity index (χ0) is 16.8. The van der Waals surface area contributed by atoms with E-state index in [0.717, 1.165) is 0 Å². The maximum absolute atomic E-state index is 13.7. The third-order valence-corrected chi connectivity index (χ3v) is 3.52. The first-order chi connectivity index (χ1) is 11.0. The van der Waals surface area contributed by atoms with E-state index in [1.807, 2.05) is 0 Å². The van der Waals surface area contributed by atoms with E-state index in [2.05, 4.69) is 21.2 Å². The minimum atomic E-state index is -1.03. The van der Waals surface area contributed by atoms with Crippen molar-refractivity contribution in [3.8, 4) is 0 Å². The van der Waals surface area contributed by atoms with Gasteiger partial charge in [-0.3, -0.25) is 9.59 Å². The zero-order valence-corrected chi connectivity index (χ0v) is 13.9. The van der Waals surface area contributed by atoms with Gasteiger partial charge in [0.15, 0.2) is 6.10 Å². The summed E-state index contributed by atoms with van der Waals surface area (Å²) in [6.07, 6.45) is 0.977. The van der Waals surface area contributed by atoms with E-state index in [4.69, 9.17) is 9.15 Å². The van der Waals surface area contributed by atoms with Crippen molar-refractivity contribution in [2.45, 2.75) is 25.9 Å². The number of carbonyl (C=O) groups excluding carboxylic acids is 2. The van der Waals surface area contributed by atoms with Gasteiger partial charge < -0.3 is 14.5 Å². The molecule has 0 aliphatic carbocycles. The molecule has 0 fully saturated rings. The molecule has 7 heteroatoms. The molecule has 1 heterocycles. The van der Waals surface area contributed by atoms with Gasteiger partial charge in [0.05, 0.1) is 18.4 Å². The number of anilines is 1. The molecule has 1 N–H and O–H groups in total. The lowest BCUT2D eigenvalue weighted by Gasteiger charge is -2.14. The number of rotatable bonds is 6. The second kappa shape index (κ2) is 7.92. The molecular weight excluding hydrogens is 369 g/mol. The van der Waals surface area contributed by atoms with Gasteiger partial charge in [-0.1, -0.05) is 15.9 Å². The fraction of sp³-hybridized carbons (Fsp3) is 0.250. The molecule has 2 aromatic rings. The van der Waals surface area contributed by atoms with Gasteiger partial charge >= 0.3 is 5.97 Å². The van der Waals surface area contributed by atoms with Crippen LogP contribution in [0, 0.1) is 5.82 Å². The number of hydrogen-bond donors (Lipinski definition) is 1. The van der Waals surface area contributed by atoms with E-state index in [9.17, 15) is 14.0 Å². The van der Waals surface area contributed by atoms with Gasteiger partial charge in [0.2, 0.25) is 0 Å². The summed E-state index contributed by atoms with van der Waals surface area (Å²) >= 11 is 3.13. The van der Waals surface area contributed by atoms with Crippen molar-refractivity contribution in [1.82, 2.24) is 0 Å². The predicted octanol–water partition coefficient (Wildman–Crippen LogP) is 3.68. The van der Waals surface area contributed by atoms with Gasteiger partial charge in [0, 0.05) is 10.9 Å². The molecule has 0 aliphatic heterocycles. The number of esters is 1. The maximum atomic E-state index is 13.7. The van der Waals surface area contributed by atoms with Crippen LogP contribution in [0.2, 0.25) is 0 Å². The number of amides is 1. The Morgan fingerprint density at radius 3 is 2.83 bits per heavy atom. The maximum Gasteiger partial charge on any atom is 0.307 e. The molecule has 1 amide bonds.